The lowest BCUT2D eigenvalue weighted by molar-refractivity contribution is -0.158. The van der Waals surface area contributed by atoms with Crippen molar-refractivity contribution in [1.82, 2.24) is 0 Å². The second kappa shape index (κ2) is 10.1. The number of carbonyl (C=O) groups excluding carboxylic acids is 2. The Labute approximate surface area is 196 Å². The van der Waals surface area contributed by atoms with Gasteiger partial charge < -0.3 is 9.47 Å². The Morgan fingerprint density at radius 2 is 1.69 bits per heavy atom. The van der Waals surface area contributed by atoms with Gasteiger partial charge in [-0.15, -0.1) is 11.8 Å². The zero-order valence-corrected chi connectivity index (χ0v) is 20.8. The minimum Gasteiger partial charge on any atom is -0.476 e. The highest BCUT2D eigenvalue weighted by atomic mass is 32.2. The number of ether oxygens (including phenoxy) is 2. The SMILES string of the molecule is CCOC(=O)C(C)(C)Oc1c(C)cc([C@H]2CCC[C@@H]2C(=O)c2ccc(SC)cc2)cc1C. The molecule has 4 nitrogen and oxygen atoms in total. The van der Waals surface area contributed by atoms with Gasteiger partial charge in [0.05, 0.1) is 6.61 Å². The smallest absolute Gasteiger partial charge is 0.349 e. The minimum absolute atomic E-state index is 0.00308. The van der Waals surface area contributed by atoms with E-state index in [2.05, 4.69) is 12.1 Å². The van der Waals surface area contributed by atoms with E-state index in [9.17, 15) is 9.59 Å². The molecule has 0 radical (unpaired) electrons. The van der Waals surface area contributed by atoms with Crippen LogP contribution in [0.2, 0.25) is 0 Å². The summed E-state index contributed by atoms with van der Waals surface area (Å²) in [6.07, 6.45) is 5.01. The van der Waals surface area contributed by atoms with E-state index in [-0.39, 0.29) is 23.6 Å². The van der Waals surface area contributed by atoms with E-state index in [1.54, 1.807) is 32.5 Å². The molecule has 0 heterocycles. The second-order valence-corrected chi connectivity index (χ2v) is 9.93. The van der Waals surface area contributed by atoms with Crippen LogP contribution in [0.5, 0.6) is 5.75 Å². The number of aryl methyl sites for hydroxylation is 2. The number of hydrogen-bond acceptors (Lipinski definition) is 5. The molecule has 0 aliphatic heterocycles. The van der Waals surface area contributed by atoms with Crippen molar-refractivity contribution in [2.75, 3.05) is 12.9 Å². The fourth-order valence-corrected chi connectivity index (χ4v) is 5.01. The van der Waals surface area contributed by atoms with E-state index < -0.39 is 5.60 Å². The zero-order valence-electron chi connectivity index (χ0n) is 20.0. The minimum atomic E-state index is -1.07. The van der Waals surface area contributed by atoms with Crippen molar-refractivity contribution < 1.29 is 19.1 Å². The number of hydrogen-bond donors (Lipinski definition) is 0. The molecule has 2 aromatic rings. The van der Waals surface area contributed by atoms with Gasteiger partial charge in [-0.25, -0.2) is 4.79 Å². The predicted octanol–water partition coefficient (Wildman–Crippen LogP) is 6.51. The quantitative estimate of drug-likeness (QED) is 0.258. The Bertz CT molecular complexity index is 955. The first-order valence-corrected chi connectivity index (χ1v) is 12.6. The van der Waals surface area contributed by atoms with Crippen molar-refractivity contribution >= 4 is 23.5 Å². The van der Waals surface area contributed by atoms with E-state index in [1.165, 1.54) is 5.56 Å². The second-order valence-electron chi connectivity index (χ2n) is 9.05. The first-order valence-electron chi connectivity index (χ1n) is 11.3. The summed E-state index contributed by atoms with van der Waals surface area (Å²) in [6.45, 7) is 9.56. The van der Waals surface area contributed by atoms with Crippen LogP contribution in [0.4, 0.5) is 0 Å². The Hall–Kier alpha value is -2.27. The maximum atomic E-state index is 13.3. The molecule has 0 spiro atoms. The summed E-state index contributed by atoms with van der Waals surface area (Å²) < 4.78 is 11.3. The molecule has 1 aliphatic rings. The van der Waals surface area contributed by atoms with Crippen LogP contribution in [0.15, 0.2) is 41.3 Å². The van der Waals surface area contributed by atoms with Crippen LogP contribution in [-0.2, 0) is 9.53 Å². The Balaban J connectivity index is 1.84. The summed E-state index contributed by atoms with van der Waals surface area (Å²) in [4.78, 5) is 26.7. The maximum absolute atomic E-state index is 13.3. The number of Topliss-reactive ketones (excluding diaryl/α,β-unsaturated/α-hetero) is 1. The fraction of sp³-hybridized carbons (Fsp3) is 0.481. The van der Waals surface area contributed by atoms with Gasteiger partial charge in [0.15, 0.2) is 11.4 Å². The molecule has 1 aliphatic carbocycles. The highest BCUT2D eigenvalue weighted by Gasteiger charge is 2.36. The molecular formula is C27H34O4S. The lowest BCUT2D eigenvalue weighted by Crippen LogP contribution is -2.40. The highest BCUT2D eigenvalue weighted by Crippen LogP contribution is 2.43. The summed E-state index contributed by atoms with van der Waals surface area (Å²) in [7, 11) is 0. The van der Waals surface area contributed by atoms with E-state index in [0.29, 0.717) is 12.4 Å². The van der Waals surface area contributed by atoms with Gasteiger partial charge in [-0.2, -0.15) is 0 Å². The number of ketones is 1. The van der Waals surface area contributed by atoms with Crippen LogP contribution < -0.4 is 4.74 Å². The summed E-state index contributed by atoms with van der Waals surface area (Å²) in [5.41, 5.74) is 2.85. The van der Waals surface area contributed by atoms with E-state index in [4.69, 9.17) is 9.47 Å². The Kier molecular flexibility index (Phi) is 7.71. The lowest BCUT2D eigenvalue weighted by atomic mass is 9.82. The van der Waals surface area contributed by atoms with Crippen molar-refractivity contribution in [2.45, 2.75) is 70.3 Å². The monoisotopic (exact) mass is 454 g/mol. The topological polar surface area (TPSA) is 52.6 Å². The normalized spacial score (nSPS) is 18.4. The third kappa shape index (κ3) is 5.20. The number of thioether (sulfide) groups is 1. The largest absolute Gasteiger partial charge is 0.476 e. The van der Waals surface area contributed by atoms with Gasteiger partial charge in [0.25, 0.3) is 0 Å². The van der Waals surface area contributed by atoms with Crippen molar-refractivity contribution in [1.29, 1.82) is 0 Å². The number of esters is 1. The first kappa shape index (κ1) is 24.4. The van der Waals surface area contributed by atoms with Crippen LogP contribution in [0.3, 0.4) is 0 Å². The third-order valence-corrected chi connectivity index (χ3v) is 7.01. The number of benzene rings is 2. The maximum Gasteiger partial charge on any atom is 0.349 e. The summed E-state index contributed by atoms with van der Waals surface area (Å²) >= 11 is 1.68. The Morgan fingerprint density at radius 3 is 2.25 bits per heavy atom. The molecule has 0 amide bonds. The fourth-order valence-electron chi connectivity index (χ4n) is 4.60. The number of rotatable bonds is 8. The molecule has 0 bridgehead atoms. The third-order valence-electron chi connectivity index (χ3n) is 6.26. The van der Waals surface area contributed by atoms with Crippen LogP contribution in [0.1, 0.15) is 73.0 Å². The summed E-state index contributed by atoms with van der Waals surface area (Å²) in [5, 5.41) is 0. The average Bonchev–Trinajstić information content (AvgIpc) is 3.26. The van der Waals surface area contributed by atoms with Crippen LogP contribution in [0.25, 0.3) is 0 Å². The molecule has 0 saturated heterocycles. The van der Waals surface area contributed by atoms with Gasteiger partial charge in [-0.3, -0.25) is 4.79 Å². The molecule has 0 N–H and O–H groups in total. The summed E-state index contributed by atoms with van der Waals surface area (Å²) in [6, 6.07) is 12.2. The molecule has 3 rings (SSSR count). The van der Waals surface area contributed by atoms with Crippen LogP contribution in [0, 0.1) is 19.8 Å². The van der Waals surface area contributed by atoms with Crippen LogP contribution in [-0.4, -0.2) is 30.2 Å². The Morgan fingerprint density at radius 1 is 1.06 bits per heavy atom. The molecule has 0 unspecified atom stereocenters. The predicted molar refractivity (Wildman–Crippen MR) is 130 cm³/mol. The van der Waals surface area contributed by atoms with E-state index >= 15 is 0 Å². The van der Waals surface area contributed by atoms with Gasteiger partial charge >= 0.3 is 5.97 Å². The highest BCUT2D eigenvalue weighted by molar-refractivity contribution is 7.98. The van der Waals surface area contributed by atoms with Crippen molar-refractivity contribution in [3.05, 3.63) is 58.7 Å². The molecule has 2 atom stereocenters. The van der Waals surface area contributed by atoms with Gasteiger partial charge in [-0.1, -0.05) is 30.7 Å². The molecule has 1 fully saturated rings. The molecular weight excluding hydrogens is 420 g/mol. The van der Waals surface area contributed by atoms with Gasteiger partial charge in [0.2, 0.25) is 0 Å². The molecule has 172 valence electrons. The molecule has 1 saturated carbocycles. The lowest BCUT2D eigenvalue weighted by Gasteiger charge is -2.27. The average molecular weight is 455 g/mol. The molecule has 32 heavy (non-hydrogen) atoms. The van der Waals surface area contributed by atoms with Gasteiger partial charge in [0.1, 0.15) is 5.75 Å². The molecule has 0 aromatic heterocycles. The van der Waals surface area contributed by atoms with E-state index in [1.807, 2.05) is 44.4 Å². The molecule has 2 aromatic carbocycles. The van der Waals surface area contributed by atoms with E-state index in [0.717, 1.165) is 40.8 Å². The van der Waals surface area contributed by atoms with Crippen molar-refractivity contribution in [3.8, 4) is 5.75 Å². The van der Waals surface area contributed by atoms with Crippen molar-refractivity contribution in [3.63, 3.8) is 0 Å². The van der Waals surface area contributed by atoms with Gasteiger partial charge in [-0.05, 0) is 88.5 Å². The summed E-state index contributed by atoms with van der Waals surface area (Å²) in [5.74, 6) is 0.764. The first-order chi connectivity index (χ1) is 15.2. The van der Waals surface area contributed by atoms with Crippen molar-refractivity contribution in [2.24, 2.45) is 5.92 Å². The number of carbonyl (C=O) groups is 2. The van der Waals surface area contributed by atoms with Crippen LogP contribution >= 0.6 is 11.8 Å². The standard InChI is InChI=1S/C27H34O4S/c1-7-30-26(29)27(4,5)31-25-17(2)15-20(16-18(25)3)22-9-8-10-23(22)24(28)19-11-13-21(32-6)14-12-19/h11-16,22-23H,7-10H2,1-6H3/t22-,23+/m1/s1. The van der Waals surface area contributed by atoms with Gasteiger partial charge in [0, 0.05) is 16.4 Å². The molecule has 5 heteroatoms. The zero-order chi connectivity index (χ0) is 23.5.